The van der Waals surface area contributed by atoms with Gasteiger partial charge in [-0.2, -0.15) is 4.98 Å². The van der Waals surface area contributed by atoms with Crippen molar-refractivity contribution in [2.24, 2.45) is 10.9 Å². The molecule has 3 rings (SSSR count). The van der Waals surface area contributed by atoms with Crippen molar-refractivity contribution in [3.8, 4) is 11.4 Å². The van der Waals surface area contributed by atoms with Gasteiger partial charge < -0.3 is 20.4 Å². The first-order chi connectivity index (χ1) is 15.4. The summed E-state index contributed by atoms with van der Waals surface area (Å²) in [5.74, 6) is 0.980. The number of anilines is 1. The van der Waals surface area contributed by atoms with E-state index in [4.69, 9.17) is 15.5 Å². The Morgan fingerprint density at radius 2 is 2.12 bits per heavy atom. The molecule has 1 aliphatic rings. The monoisotopic (exact) mass is 443 g/mol. The number of carbonyl (C=O) groups excluding carboxylic acids is 1. The number of benzene rings is 1. The number of hydrogen-bond donors (Lipinski definition) is 2. The van der Waals surface area contributed by atoms with Crippen molar-refractivity contribution in [1.82, 2.24) is 10.1 Å². The van der Waals surface area contributed by atoms with Crippen LogP contribution in [0.2, 0.25) is 0 Å². The SMILES string of the molecule is C=C(CCF)C(=O)N(CCCCC/C(N)=N/O)c1cccc(-c2noc(C3(C)CC3)n2)c1. The topological polar surface area (TPSA) is 118 Å². The predicted octanol–water partition coefficient (Wildman–Crippen LogP) is 4.34. The molecule has 0 spiro atoms. The molecule has 9 heteroatoms. The highest BCUT2D eigenvalue weighted by atomic mass is 19.1. The first-order valence-electron chi connectivity index (χ1n) is 10.8. The van der Waals surface area contributed by atoms with Crippen LogP contribution in [-0.4, -0.2) is 40.3 Å². The number of carbonyl (C=O) groups is 1. The van der Waals surface area contributed by atoms with Crippen LogP contribution in [0.3, 0.4) is 0 Å². The molecule has 0 radical (unpaired) electrons. The molecule has 1 heterocycles. The molecule has 0 unspecified atom stereocenters. The molecule has 3 N–H and O–H groups in total. The van der Waals surface area contributed by atoms with Gasteiger partial charge in [-0.1, -0.05) is 42.4 Å². The van der Waals surface area contributed by atoms with Crippen molar-refractivity contribution in [1.29, 1.82) is 0 Å². The summed E-state index contributed by atoms with van der Waals surface area (Å²) in [6, 6.07) is 7.35. The summed E-state index contributed by atoms with van der Waals surface area (Å²) in [4.78, 5) is 19.1. The van der Waals surface area contributed by atoms with Crippen molar-refractivity contribution in [3.05, 3.63) is 42.3 Å². The van der Waals surface area contributed by atoms with Gasteiger partial charge in [-0.15, -0.1) is 0 Å². The van der Waals surface area contributed by atoms with Gasteiger partial charge in [0.05, 0.1) is 6.67 Å². The molecular weight excluding hydrogens is 413 g/mol. The molecule has 0 saturated heterocycles. The van der Waals surface area contributed by atoms with E-state index in [1.807, 2.05) is 24.3 Å². The number of amides is 1. The number of rotatable bonds is 12. The third-order valence-electron chi connectivity index (χ3n) is 5.75. The van der Waals surface area contributed by atoms with Crippen LogP contribution in [0.25, 0.3) is 11.4 Å². The van der Waals surface area contributed by atoms with Gasteiger partial charge in [0.1, 0.15) is 5.84 Å². The van der Waals surface area contributed by atoms with Gasteiger partial charge in [-0.25, -0.2) is 0 Å². The molecule has 0 aliphatic heterocycles. The number of nitrogens with zero attached hydrogens (tertiary/aromatic N) is 4. The number of hydrogen-bond acceptors (Lipinski definition) is 6. The van der Waals surface area contributed by atoms with E-state index in [-0.39, 0.29) is 29.2 Å². The summed E-state index contributed by atoms with van der Waals surface area (Å²) >= 11 is 0. The van der Waals surface area contributed by atoms with Gasteiger partial charge in [-0.05, 0) is 37.8 Å². The zero-order chi connectivity index (χ0) is 23.1. The number of halogens is 1. The van der Waals surface area contributed by atoms with Crippen LogP contribution in [0.4, 0.5) is 10.1 Å². The van der Waals surface area contributed by atoms with Crippen LogP contribution in [0.15, 0.2) is 46.1 Å². The van der Waals surface area contributed by atoms with Crippen LogP contribution in [0.1, 0.15) is 57.8 Å². The first-order valence-corrected chi connectivity index (χ1v) is 10.8. The largest absolute Gasteiger partial charge is 0.409 e. The van der Waals surface area contributed by atoms with Crippen molar-refractivity contribution < 1.29 is 18.9 Å². The van der Waals surface area contributed by atoms with E-state index in [0.29, 0.717) is 36.8 Å². The minimum absolute atomic E-state index is 0.00862. The summed E-state index contributed by atoms with van der Waals surface area (Å²) in [7, 11) is 0. The lowest BCUT2D eigenvalue weighted by molar-refractivity contribution is -0.115. The molecule has 2 aromatic rings. The first kappa shape index (κ1) is 23.4. The number of aromatic nitrogens is 2. The molecule has 1 saturated carbocycles. The van der Waals surface area contributed by atoms with Gasteiger partial charge in [0.25, 0.3) is 5.91 Å². The maximum absolute atomic E-state index is 13.0. The van der Waals surface area contributed by atoms with Gasteiger partial charge in [-0.3, -0.25) is 9.18 Å². The number of amidine groups is 1. The van der Waals surface area contributed by atoms with E-state index >= 15 is 0 Å². The minimum Gasteiger partial charge on any atom is -0.409 e. The Hall–Kier alpha value is -3.23. The number of unbranched alkanes of at least 4 members (excludes halogenated alkanes) is 2. The van der Waals surface area contributed by atoms with Gasteiger partial charge in [0, 0.05) is 41.6 Å². The lowest BCUT2D eigenvalue weighted by Gasteiger charge is -2.24. The van der Waals surface area contributed by atoms with Crippen molar-refractivity contribution in [3.63, 3.8) is 0 Å². The molecule has 0 bridgehead atoms. The third-order valence-corrected chi connectivity index (χ3v) is 5.75. The van der Waals surface area contributed by atoms with E-state index in [0.717, 1.165) is 31.2 Å². The molecule has 1 aromatic heterocycles. The Morgan fingerprint density at radius 3 is 2.81 bits per heavy atom. The van der Waals surface area contributed by atoms with Gasteiger partial charge in [0.15, 0.2) is 0 Å². The normalized spacial score (nSPS) is 14.9. The zero-order valence-corrected chi connectivity index (χ0v) is 18.4. The standard InChI is InChI=1S/C23H30FN5O3/c1-16(10-13-24)21(30)29(14-5-3-4-9-19(25)27-31)18-8-6-7-17(15-18)20-26-22(32-28-20)23(2)11-12-23/h6-8,15,31H,1,3-5,9-14H2,2H3,(H2,25,27). The van der Waals surface area contributed by atoms with E-state index in [9.17, 15) is 9.18 Å². The predicted molar refractivity (Wildman–Crippen MR) is 120 cm³/mol. The fraction of sp³-hybridized carbons (Fsp3) is 0.478. The summed E-state index contributed by atoms with van der Waals surface area (Å²) in [5.41, 5.74) is 7.09. The van der Waals surface area contributed by atoms with Crippen LogP contribution in [0.5, 0.6) is 0 Å². The second-order valence-electron chi connectivity index (χ2n) is 8.44. The maximum atomic E-state index is 13.0. The molecule has 1 fully saturated rings. The molecule has 172 valence electrons. The molecule has 1 aromatic carbocycles. The summed E-state index contributed by atoms with van der Waals surface area (Å²) < 4.78 is 18.3. The number of oxime groups is 1. The number of nitrogens with two attached hydrogens (primary N) is 1. The fourth-order valence-electron chi connectivity index (χ4n) is 3.36. The summed E-state index contributed by atoms with van der Waals surface area (Å²) in [6.45, 7) is 5.64. The third kappa shape index (κ3) is 5.72. The van der Waals surface area contributed by atoms with E-state index in [2.05, 4.69) is 28.8 Å². The Kier molecular flexibility index (Phi) is 7.61. The Balaban J connectivity index is 1.76. The average molecular weight is 444 g/mol. The lowest BCUT2D eigenvalue weighted by Crippen LogP contribution is -2.33. The average Bonchev–Trinajstić information content (AvgIpc) is 3.34. The van der Waals surface area contributed by atoms with Crippen molar-refractivity contribution in [2.75, 3.05) is 18.1 Å². The highest BCUT2D eigenvalue weighted by Gasteiger charge is 2.44. The molecule has 0 atom stereocenters. The Bertz CT molecular complexity index is 984. The van der Waals surface area contributed by atoms with E-state index < -0.39 is 6.67 Å². The van der Waals surface area contributed by atoms with Gasteiger partial charge >= 0.3 is 0 Å². The maximum Gasteiger partial charge on any atom is 0.253 e. The highest BCUT2D eigenvalue weighted by Crippen LogP contribution is 2.47. The molecule has 32 heavy (non-hydrogen) atoms. The second-order valence-corrected chi connectivity index (χ2v) is 8.44. The summed E-state index contributed by atoms with van der Waals surface area (Å²) in [6.07, 6.45) is 4.74. The van der Waals surface area contributed by atoms with Crippen LogP contribution < -0.4 is 10.6 Å². The molecule has 8 nitrogen and oxygen atoms in total. The molecule has 1 amide bonds. The quantitative estimate of drug-likeness (QED) is 0.126. The van der Waals surface area contributed by atoms with Crippen molar-refractivity contribution in [2.45, 2.75) is 57.3 Å². The van der Waals surface area contributed by atoms with E-state index in [1.54, 1.807) is 4.90 Å². The van der Waals surface area contributed by atoms with Crippen LogP contribution in [0, 0.1) is 0 Å². The van der Waals surface area contributed by atoms with Crippen LogP contribution in [-0.2, 0) is 10.2 Å². The fourth-order valence-corrected chi connectivity index (χ4v) is 3.36. The summed E-state index contributed by atoms with van der Waals surface area (Å²) in [5, 5.41) is 15.7. The Morgan fingerprint density at radius 1 is 1.34 bits per heavy atom. The smallest absolute Gasteiger partial charge is 0.253 e. The lowest BCUT2D eigenvalue weighted by atomic mass is 10.1. The van der Waals surface area contributed by atoms with Crippen molar-refractivity contribution >= 4 is 17.4 Å². The van der Waals surface area contributed by atoms with Gasteiger partial charge in [0.2, 0.25) is 11.7 Å². The Labute approximate surface area is 187 Å². The minimum atomic E-state index is -0.636. The highest BCUT2D eigenvalue weighted by molar-refractivity contribution is 6.05. The second kappa shape index (κ2) is 10.4. The van der Waals surface area contributed by atoms with Crippen LogP contribution >= 0.6 is 0 Å². The number of alkyl halides is 1. The van der Waals surface area contributed by atoms with E-state index in [1.165, 1.54) is 0 Å². The molecule has 1 aliphatic carbocycles. The molecular formula is C23H30FN5O3. The zero-order valence-electron chi connectivity index (χ0n) is 18.4.